The Hall–Kier alpha value is -0.670. The summed E-state index contributed by atoms with van der Waals surface area (Å²) in [6.07, 6.45) is 1.47. The number of rotatable bonds is 1. The van der Waals surface area contributed by atoms with E-state index in [0.29, 0.717) is 22.3 Å². The number of esters is 1. The average molecular weight is 208 g/mol. The third-order valence-corrected chi connectivity index (χ3v) is 1.99. The molecule has 66 valence electrons. The lowest BCUT2D eigenvalue weighted by Crippen LogP contribution is -2.23. The standard InChI is InChI=1S/C7H7Cl2NO2/c1-12-7(11)4-3-10-6(9)2-5(4)8/h2,10H,3H2,1H3. The number of hydrogen-bond donors (Lipinski definition) is 1. The molecule has 0 fully saturated rings. The number of dihydropyridines is 1. The Bertz CT molecular complexity index is 271. The van der Waals surface area contributed by atoms with Gasteiger partial charge < -0.3 is 10.1 Å². The molecular formula is C7H7Cl2NO2. The van der Waals surface area contributed by atoms with Gasteiger partial charge in [-0.1, -0.05) is 23.2 Å². The highest BCUT2D eigenvalue weighted by molar-refractivity contribution is 6.36. The Balaban J connectivity index is 2.90. The zero-order chi connectivity index (χ0) is 9.14. The zero-order valence-corrected chi connectivity index (χ0v) is 7.87. The van der Waals surface area contributed by atoms with E-state index in [9.17, 15) is 4.79 Å². The molecule has 0 aromatic heterocycles. The summed E-state index contributed by atoms with van der Waals surface area (Å²) < 4.78 is 4.50. The fourth-order valence-corrected chi connectivity index (χ4v) is 1.28. The van der Waals surface area contributed by atoms with Crippen molar-refractivity contribution < 1.29 is 9.53 Å². The molecule has 1 rings (SSSR count). The number of halogens is 2. The van der Waals surface area contributed by atoms with Crippen molar-refractivity contribution in [3.63, 3.8) is 0 Å². The predicted octanol–water partition coefficient (Wildman–Crippen LogP) is 1.34. The van der Waals surface area contributed by atoms with Crippen LogP contribution in [0.2, 0.25) is 0 Å². The molecule has 0 saturated heterocycles. The highest BCUT2D eigenvalue weighted by Gasteiger charge is 2.17. The van der Waals surface area contributed by atoms with Crippen LogP contribution in [0.15, 0.2) is 21.8 Å². The summed E-state index contributed by atoms with van der Waals surface area (Å²) in [6.45, 7) is 0.306. The van der Waals surface area contributed by atoms with Crippen LogP contribution < -0.4 is 5.32 Å². The monoisotopic (exact) mass is 207 g/mol. The van der Waals surface area contributed by atoms with Crippen LogP contribution in [0.3, 0.4) is 0 Å². The summed E-state index contributed by atoms with van der Waals surface area (Å²) >= 11 is 11.3. The van der Waals surface area contributed by atoms with Gasteiger partial charge in [0, 0.05) is 6.54 Å². The molecule has 0 radical (unpaired) electrons. The number of carbonyl (C=O) groups is 1. The van der Waals surface area contributed by atoms with E-state index < -0.39 is 5.97 Å². The quantitative estimate of drug-likeness (QED) is 0.521. The van der Waals surface area contributed by atoms with Gasteiger partial charge in [-0.3, -0.25) is 0 Å². The normalized spacial score (nSPS) is 16.8. The van der Waals surface area contributed by atoms with Crippen LogP contribution in [0.5, 0.6) is 0 Å². The van der Waals surface area contributed by atoms with Crippen molar-refractivity contribution in [2.24, 2.45) is 0 Å². The lowest BCUT2D eigenvalue weighted by molar-refractivity contribution is -0.136. The highest BCUT2D eigenvalue weighted by Crippen LogP contribution is 2.19. The van der Waals surface area contributed by atoms with E-state index in [1.165, 1.54) is 13.2 Å². The van der Waals surface area contributed by atoms with Crippen molar-refractivity contribution in [3.05, 3.63) is 21.8 Å². The molecule has 1 aliphatic heterocycles. The van der Waals surface area contributed by atoms with Gasteiger partial charge in [0.25, 0.3) is 0 Å². The zero-order valence-electron chi connectivity index (χ0n) is 6.36. The molecule has 3 nitrogen and oxygen atoms in total. The number of carbonyl (C=O) groups excluding carboxylic acids is 1. The third-order valence-electron chi connectivity index (χ3n) is 1.41. The number of nitrogens with one attached hydrogen (secondary N) is 1. The predicted molar refractivity (Wildman–Crippen MR) is 46.8 cm³/mol. The fourth-order valence-electron chi connectivity index (χ4n) is 0.800. The Kier molecular flexibility index (Phi) is 3.00. The second-order valence-corrected chi connectivity index (χ2v) is 2.98. The molecule has 0 aliphatic carbocycles. The molecule has 1 aliphatic rings. The molecule has 1 heterocycles. The summed E-state index contributed by atoms with van der Waals surface area (Å²) in [5.41, 5.74) is 0.392. The van der Waals surface area contributed by atoms with Gasteiger partial charge in [-0.15, -0.1) is 0 Å². The van der Waals surface area contributed by atoms with Gasteiger partial charge in [0.2, 0.25) is 0 Å². The van der Waals surface area contributed by atoms with Crippen molar-refractivity contribution in [3.8, 4) is 0 Å². The maximum absolute atomic E-state index is 11.0. The van der Waals surface area contributed by atoms with E-state index in [4.69, 9.17) is 23.2 Å². The molecule has 0 unspecified atom stereocenters. The van der Waals surface area contributed by atoms with E-state index >= 15 is 0 Å². The average Bonchev–Trinajstić information content (AvgIpc) is 2.03. The molecule has 0 atom stereocenters. The largest absolute Gasteiger partial charge is 0.466 e. The first kappa shape index (κ1) is 9.42. The van der Waals surface area contributed by atoms with Gasteiger partial charge in [-0.25, -0.2) is 4.79 Å². The van der Waals surface area contributed by atoms with Crippen molar-refractivity contribution >= 4 is 29.2 Å². The molecule has 0 spiro atoms. The van der Waals surface area contributed by atoms with Crippen LogP contribution in [0.4, 0.5) is 0 Å². The Morgan fingerprint density at radius 2 is 2.33 bits per heavy atom. The Morgan fingerprint density at radius 1 is 1.67 bits per heavy atom. The molecule has 1 N–H and O–H groups in total. The number of methoxy groups -OCH3 is 1. The van der Waals surface area contributed by atoms with Gasteiger partial charge in [0.1, 0.15) is 5.16 Å². The van der Waals surface area contributed by atoms with E-state index in [-0.39, 0.29) is 0 Å². The summed E-state index contributed by atoms with van der Waals surface area (Å²) in [4.78, 5) is 11.0. The van der Waals surface area contributed by atoms with Gasteiger partial charge in [0.15, 0.2) is 0 Å². The van der Waals surface area contributed by atoms with E-state index in [0.717, 1.165) is 0 Å². The van der Waals surface area contributed by atoms with Crippen LogP contribution in [0.1, 0.15) is 0 Å². The Morgan fingerprint density at radius 3 is 2.83 bits per heavy atom. The molecule has 12 heavy (non-hydrogen) atoms. The van der Waals surface area contributed by atoms with Crippen molar-refractivity contribution in [1.29, 1.82) is 0 Å². The minimum Gasteiger partial charge on any atom is -0.466 e. The summed E-state index contributed by atoms with van der Waals surface area (Å²) in [5, 5.41) is 3.51. The van der Waals surface area contributed by atoms with Crippen LogP contribution in [-0.4, -0.2) is 19.6 Å². The minimum absolute atomic E-state index is 0.306. The lowest BCUT2D eigenvalue weighted by Gasteiger charge is -2.13. The van der Waals surface area contributed by atoms with Crippen molar-refractivity contribution in [2.75, 3.05) is 13.7 Å². The first-order valence-electron chi connectivity index (χ1n) is 3.23. The summed E-state index contributed by atoms with van der Waals surface area (Å²) in [6, 6.07) is 0. The summed E-state index contributed by atoms with van der Waals surface area (Å²) in [7, 11) is 1.30. The van der Waals surface area contributed by atoms with Crippen LogP contribution in [-0.2, 0) is 9.53 Å². The maximum atomic E-state index is 11.0. The van der Waals surface area contributed by atoms with E-state index in [1.54, 1.807) is 0 Å². The van der Waals surface area contributed by atoms with Crippen LogP contribution in [0.25, 0.3) is 0 Å². The second kappa shape index (κ2) is 3.83. The number of ether oxygens (including phenoxy) is 1. The summed E-state index contributed by atoms with van der Waals surface area (Å²) in [5.74, 6) is -0.437. The lowest BCUT2D eigenvalue weighted by atomic mass is 10.2. The van der Waals surface area contributed by atoms with Gasteiger partial charge in [-0.2, -0.15) is 0 Å². The number of allylic oxidation sites excluding steroid dienone is 2. The van der Waals surface area contributed by atoms with Crippen LogP contribution >= 0.6 is 23.2 Å². The Labute approximate surface area is 80.0 Å². The molecule has 0 aromatic carbocycles. The van der Waals surface area contributed by atoms with Gasteiger partial charge >= 0.3 is 5.97 Å². The van der Waals surface area contributed by atoms with E-state index in [2.05, 4.69) is 10.1 Å². The van der Waals surface area contributed by atoms with Crippen LogP contribution in [0, 0.1) is 0 Å². The fraction of sp³-hybridized carbons (Fsp3) is 0.286. The smallest absolute Gasteiger partial charge is 0.337 e. The third kappa shape index (κ3) is 1.93. The minimum atomic E-state index is -0.437. The molecule has 0 amide bonds. The van der Waals surface area contributed by atoms with E-state index in [1.807, 2.05) is 0 Å². The molecule has 5 heteroatoms. The highest BCUT2D eigenvalue weighted by atomic mass is 35.5. The topological polar surface area (TPSA) is 38.3 Å². The molecule has 0 aromatic rings. The first-order valence-corrected chi connectivity index (χ1v) is 3.98. The van der Waals surface area contributed by atoms with Gasteiger partial charge in [-0.05, 0) is 6.08 Å². The number of hydrogen-bond acceptors (Lipinski definition) is 3. The van der Waals surface area contributed by atoms with Crippen molar-refractivity contribution in [2.45, 2.75) is 0 Å². The molecular weight excluding hydrogens is 201 g/mol. The molecule has 0 saturated carbocycles. The second-order valence-electron chi connectivity index (χ2n) is 2.16. The molecule has 0 bridgehead atoms. The SMILES string of the molecule is COC(=O)C1=C(Cl)C=C(Cl)NC1. The van der Waals surface area contributed by atoms with Crippen molar-refractivity contribution in [1.82, 2.24) is 5.32 Å². The first-order chi connectivity index (χ1) is 5.65. The maximum Gasteiger partial charge on any atom is 0.337 e. The van der Waals surface area contributed by atoms with Gasteiger partial charge in [0.05, 0.1) is 17.7 Å².